The summed E-state index contributed by atoms with van der Waals surface area (Å²) in [5.41, 5.74) is 6.48. The van der Waals surface area contributed by atoms with E-state index in [1.807, 2.05) is 0 Å². The summed E-state index contributed by atoms with van der Waals surface area (Å²) in [6, 6.07) is 5.50. The Morgan fingerprint density at radius 3 is 2.86 bits per heavy atom. The number of carbonyl (C=O) groups excluding carboxylic acids is 1. The molecular weight excluding hydrogens is 293 g/mol. The Kier molecular flexibility index (Phi) is 4.63. The van der Waals surface area contributed by atoms with Gasteiger partial charge in [-0.15, -0.1) is 0 Å². The number of anilines is 1. The van der Waals surface area contributed by atoms with Crippen molar-refractivity contribution >= 4 is 23.2 Å². The summed E-state index contributed by atoms with van der Waals surface area (Å²) in [5.74, 6) is 4.57. The Morgan fingerprint density at radius 2 is 2.24 bits per heavy atom. The number of halogens is 2. The smallest absolute Gasteiger partial charge is 0.272 e. The Balaban J connectivity index is 2.31. The fourth-order valence-corrected chi connectivity index (χ4v) is 2.06. The summed E-state index contributed by atoms with van der Waals surface area (Å²) in [4.78, 5) is 12.2. The van der Waals surface area contributed by atoms with E-state index < -0.39 is 5.82 Å². The van der Waals surface area contributed by atoms with Crippen LogP contribution in [0.25, 0.3) is 0 Å². The number of hydrogen-bond donors (Lipinski definition) is 2. The van der Waals surface area contributed by atoms with Gasteiger partial charge in [0.25, 0.3) is 5.91 Å². The van der Waals surface area contributed by atoms with Crippen LogP contribution in [0.5, 0.6) is 0 Å². The first-order valence-corrected chi connectivity index (χ1v) is 6.50. The number of hydrogen-bond acceptors (Lipinski definition) is 2. The van der Waals surface area contributed by atoms with Crippen LogP contribution in [0.15, 0.2) is 30.5 Å². The molecule has 0 saturated heterocycles. The van der Waals surface area contributed by atoms with E-state index in [1.165, 1.54) is 18.2 Å². The quantitative estimate of drug-likeness (QED) is 0.837. The average Bonchev–Trinajstić information content (AvgIpc) is 2.78. The molecule has 2 aromatic rings. The molecule has 108 valence electrons. The van der Waals surface area contributed by atoms with Crippen LogP contribution in [0.3, 0.4) is 0 Å². The van der Waals surface area contributed by atoms with Gasteiger partial charge in [0.2, 0.25) is 0 Å². The largest absolute Gasteiger partial charge is 0.345 e. The summed E-state index contributed by atoms with van der Waals surface area (Å²) >= 11 is 5.85. The number of benzene rings is 1. The van der Waals surface area contributed by atoms with Gasteiger partial charge in [0.15, 0.2) is 0 Å². The molecule has 0 unspecified atom stereocenters. The second-order valence-electron chi connectivity index (χ2n) is 4.30. The minimum atomic E-state index is -0.434. The van der Waals surface area contributed by atoms with Gasteiger partial charge in [-0.1, -0.05) is 23.4 Å². The highest BCUT2D eigenvalue weighted by Gasteiger charge is 2.13. The molecule has 0 aliphatic rings. The van der Waals surface area contributed by atoms with Gasteiger partial charge in [-0.25, -0.2) is 4.39 Å². The summed E-state index contributed by atoms with van der Waals surface area (Å²) in [5, 5.41) is 3.15. The van der Waals surface area contributed by atoms with Crippen LogP contribution in [0.4, 0.5) is 10.1 Å². The predicted octanol–water partition coefficient (Wildman–Crippen LogP) is 2.38. The van der Waals surface area contributed by atoms with Crippen LogP contribution < -0.4 is 11.1 Å². The maximum absolute atomic E-state index is 13.3. The van der Waals surface area contributed by atoms with Crippen molar-refractivity contribution in [2.24, 2.45) is 12.8 Å². The van der Waals surface area contributed by atoms with Crippen molar-refractivity contribution in [3.63, 3.8) is 0 Å². The molecule has 0 radical (unpaired) electrons. The van der Waals surface area contributed by atoms with Crippen molar-refractivity contribution in [2.75, 3.05) is 11.9 Å². The number of amides is 1. The first kappa shape index (κ1) is 15.1. The molecule has 0 atom stereocenters. The number of aromatic nitrogens is 1. The first-order valence-electron chi connectivity index (χ1n) is 6.13. The van der Waals surface area contributed by atoms with Crippen LogP contribution >= 0.6 is 11.6 Å². The van der Waals surface area contributed by atoms with E-state index in [9.17, 15) is 9.18 Å². The first-order chi connectivity index (χ1) is 10.0. The van der Waals surface area contributed by atoms with E-state index in [0.29, 0.717) is 22.0 Å². The molecule has 1 heterocycles. The van der Waals surface area contributed by atoms with Gasteiger partial charge < -0.3 is 15.6 Å². The lowest BCUT2D eigenvalue weighted by molar-refractivity contribution is 0.101. The van der Waals surface area contributed by atoms with E-state index in [1.54, 1.807) is 23.9 Å². The fourth-order valence-electron chi connectivity index (χ4n) is 1.81. The molecule has 1 aromatic heterocycles. The molecular formula is C15H13ClFN3O. The van der Waals surface area contributed by atoms with Gasteiger partial charge in [0.1, 0.15) is 11.5 Å². The highest BCUT2D eigenvalue weighted by Crippen LogP contribution is 2.19. The maximum Gasteiger partial charge on any atom is 0.272 e. The van der Waals surface area contributed by atoms with Crippen molar-refractivity contribution < 1.29 is 9.18 Å². The van der Waals surface area contributed by atoms with Gasteiger partial charge in [-0.3, -0.25) is 4.79 Å². The lowest BCUT2D eigenvalue weighted by Crippen LogP contribution is -2.16. The summed E-state index contributed by atoms with van der Waals surface area (Å²) in [7, 11) is 1.71. The zero-order valence-electron chi connectivity index (χ0n) is 11.3. The summed E-state index contributed by atoms with van der Waals surface area (Å²) in [6.07, 6.45) is 1.62. The molecule has 0 fully saturated rings. The SMILES string of the molecule is Cn1cc(Cl)cc1C(=O)Nc1ccc(F)cc1C#CCN. The van der Waals surface area contributed by atoms with E-state index in [-0.39, 0.29) is 12.5 Å². The van der Waals surface area contributed by atoms with Crippen molar-refractivity contribution in [3.8, 4) is 11.8 Å². The van der Waals surface area contributed by atoms with Gasteiger partial charge in [0, 0.05) is 13.2 Å². The third kappa shape index (κ3) is 3.63. The minimum Gasteiger partial charge on any atom is -0.345 e. The molecule has 0 saturated carbocycles. The third-order valence-electron chi connectivity index (χ3n) is 2.76. The Morgan fingerprint density at radius 1 is 1.48 bits per heavy atom. The van der Waals surface area contributed by atoms with Crippen LogP contribution in [0.2, 0.25) is 5.02 Å². The molecule has 21 heavy (non-hydrogen) atoms. The Hall–Kier alpha value is -2.29. The number of aryl methyl sites for hydroxylation is 1. The van der Waals surface area contributed by atoms with E-state index >= 15 is 0 Å². The standard InChI is InChI=1S/C15H13ClFN3O/c1-20-9-11(16)8-14(20)15(21)19-13-5-4-12(17)7-10(13)3-2-6-18/h4-5,7-9H,6,18H2,1H3,(H,19,21). The molecule has 0 aliphatic heterocycles. The molecule has 6 heteroatoms. The number of carbonyl (C=O) groups is 1. The molecule has 0 aliphatic carbocycles. The van der Waals surface area contributed by atoms with Crippen molar-refractivity contribution in [1.29, 1.82) is 0 Å². The molecule has 4 nitrogen and oxygen atoms in total. The van der Waals surface area contributed by atoms with Crippen LogP contribution in [0, 0.1) is 17.7 Å². The second kappa shape index (κ2) is 6.44. The van der Waals surface area contributed by atoms with Gasteiger partial charge in [-0.05, 0) is 24.3 Å². The molecule has 0 spiro atoms. The third-order valence-corrected chi connectivity index (χ3v) is 2.97. The maximum atomic E-state index is 13.3. The van der Waals surface area contributed by atoms with Gasteiger partial charge in [-0.2, -0.15) is 0 Å². The zero-order chi connectivity index (χ0) is 15.4. The number of nitrogens with one attached hydrogen (secondary N) is 1. The minimum absolute atomic E-state index is 0.150. The molecule has 3 N–H and O–H groups in total. The average molecular weight is 306 g/mol. The normalized spacial score (nSPS) is 9.90. The topological polar surface area (TPSA) is 60.0 Å². The highest BCUT2D eigenvalue weighted by atomic mass is 35.5. The zero-order valence-corrected chi connectivity index (χ0v) is 12.0. The van der Waals surface area contributed by atoms with E-state index in [2.05, 4.69) is 17.2 Å². The van der Waals surface area contributed by atoms with Crippen molar-refractivity contribution in [1.82, 2.24) is 4.57 Å². The number of nitrogens with two attached hydrogens (primary N) is 1. The second-order valence-corrected chi connectivity index (χ2v) is 4.74. The predicted molar refractivity (Wildman–Crippen MR) is 80.7 cm³/mol. The van der Waals surface area contributed by atoms with Gasteiger partial charge in [0.05, 0.1) is 22.8 Å². The summed E-state index contributed by atoms with van der Waals surface area (Å²) in [6.45, 7) is 0.150. The molecule has 2 rings (SSSR count). The highest BCUT2D eigenvalue weighted by molar-refractivity contribution is 6.31. The lowest BCUT2D eigenvalue weighted by atomic mass is 10.1. The number of rotatable bonds is 2. The van der Waals surface area contributed by atoms with Crippen LogP contribution in [-0.4, -0.2) is 17.0 Å². The molecule has 0 bridgehead atoms. The summed E-state index contributed by atoms with van der Waals surface area (Å²) < 4.78 is 14.9. The molecule has 1 aromatic carbocycles. The van der Waals surface area contributed by atoms with Crippen molar-refractivity contribution in [2.45, 2.75) is 0 Å². The monoisotopic (exact) mass is 305 g/mol. The lowest BCUT2D eigenvalue weighted by Gasteiger charge is -2.08. The van der Waals surface area contributed by atoms with Crippen LogP contribution in [-0.2, 0) is 7.05 Å². The van der Waals surface area contributed by atoms with E-state index in [4.69, 9.17) is 17.3 Å². The van der Waals surface area contributed by atoms with E-state index in [0.717, 1.165) is 0 Å². The molecule has 1 amide bonds. The van der Waals surface area contributed by atoms with Crippen LogP contribution in [0.1, 0.15) is 16.1 Å². The van der Waals surface area contributed by atoms with Crippen molar-refractivity contribution in [3.05, 3.63) is 52.6 Å². The fraction of sp³-hybridized carbons (Fsp3) is 0.133. The Bertz CT molecular complexity index is 743. The van der Waals surface area contributed by atoms with Gasteiger partial charge >= 0.3 is 0 Å². The number of nitrogens with zero attached hydrogens (tertiary/aromatic N) is 1. The Labute approximate surface area is 126 Å².